The lowest BCUT2D eigenvalue weighted by atomic mass is 10.8. The molecule has 0 amide bonds. The number of hydrogen-bond acceptors (Lipinski definition) is 3. The van der Waals surface area contributed by atoms with Crippen LogP contribution in [0.2, 0.25) is 0 Å². The van der Waals surface area contributed by atoms with E-state index >= 15 is 0 Å². The average Bonchev–Trinajstić information content (AvgIpc) is 1.61. The van der Waals surface area contributed by atoms with E-state index in [1.54, 1.807) is 13.0 Å². The first-order chi connectivity index (χ1) is 3.27. The first-order valence-electron chi connectivity index (χ1n) is 1.73. The number of hydrogen-bond donors (Lipinski definition) is 2. The lowest BCUT2D eigenvalue weighted by Crippen LogP contribution is -1.67. The minimum atomic E-state index is -2.19. The molecule has 0 aromatic heterocycles. The zero-order chi connectivity index (χ0) is 5.70. The van der Waals surface area contributed by atoms with Crippen molar-refractivity contribution in [3.8, 4) is 0 Å². The van der Waals surface area contributed by atoms with Gasteiger partial charge in [-0.05, 0) is 6.92 Å². The Balaban J connectivity index is 2.97. The van der Waals surface area contributed by atoms with Crippen LogP contribution in [0.25, 0.3) is 0 Å². The highest BCUT2D eigenvalue weighted by Crippen LogP contribution is 2.23. The fraction of sp³-hybridized carbons (Fsp3) is 0.333. The molecule has 42 valence electrons. The van der Waals surface area contributed by atoms with Gasteiger partial charge in [-0.15, -0.1) is 0 Å². The van der Waals surface area contributed by atoms with Gasteiger partial charge in [-0.2, -0.15) is 0 Å². The van der Waals surface area contributed by atoms with Crippen LogP contribution in [-0.4, -0.2) is 9.79 Å². The number of rotatable bonds is 2. The Labute approximate surface area is 43.2 Å². The van der Waals surface area contributed by atoms with Crippen molar-refractivity contribution in [1.29, 1.82) is 0 Å². The summed E-state index contributed by atoms with van der Waals surface area (Å²) in [6, 6.07) is 0. The normalized spacial score (nSPS) is 10.9. The molecule has 0 fully saturated rings. The molecule has 0 heterocycles. The maximum Gasteiger partial charge on any atom is 0.390 e. The Kier molecular flexibility index (Phi) is 4.00. The lowest BCUT2D eigenvalue weighted by molar-refractivity contribution is 0.342. The van der Waals surface area contributed by atoms with Gasteiger partial charge in [-0.25, -0.2) is 0 Å². The van der Waals surface area contributed by atoms with Gasteiger partial charge in [0.2, 0.25) is 0 Å². The second kappa shape index (κ2) is 4.06. The van der Waals surface area contributed by atoms with Crippen LogP contribution in [-0.2, 0) is 4.52 Å². The van der Waals surface area contributed by atoms with Crippen molar-refractivity contribution >= 4 is 8.60 Å². The fourth-order valence-corrected chi connectivity index (χ4v) is 0.346. The molecule has 4 heteroatoms. The molecule has 7 heavy (non-hydrogen) atoms. The van der Waals surface area contributed by atoms with Gasteiger partial charge in [0, 0.05) is 0 Å². The summed E-state index contributed by atoms with van der Waals surface area (Å²) in [5.74, 6) is 0. The summed E-state index contributed by atoms with van der Waals surface area (Å²) < 4.78 is 4.19. The van der Waals surface area contributed by atoms with Crippen LogP contribution in [0, 0.1) is 0 Å². The van der Waals surface area contributed by atoms with E-state index in [1.165, 1.54) is 6.26 Å². The van der Waals surface area contributed by atoms with Crippen molar-refractivity contribution in [3.63, 3.8) is 0 Å². The van der Waals surface area contributed by atoms with Gasteiger partial charge < -0.3 is 14.3 Å². The highest BCUT2D eigenvalue weighted by Gasteiger charge is 1.90. The van der Waals surface area contributed by atoms with Gasteiger partial charge in [0.05, 0.1) is 6.26 Å². The van der Waals surface area contributed by atoms with E-state index in [1.807, 2.05) is 0 Å². The molecule has 0 aliphatic rings. The van der Waals surface area contributed by atoms with Gasteiger partial charge in [-0.1, -0.05) is 6.08 Å². The third kappa shape index (κ3) is 5.89. The maximum atomic E-state index is 8.03. The van der Waals surface area contributed by atoms with Gasteiger partial charge in [0.25, 0.3) is 0 Å². The second-order valence-electron chi connectivity index (χ2n) is 0.828. The molecule has 0 radical (unpaired) electrons. The largest absolute Gasteiger partial charge is 0.435 e. The zero-order valence-corrected chi connectivity index (χ0v) is 4.80. The fourth-order valence-electron chi connectivity index (χ4n) is 0.115. The molecule has 0 aromatic rings. The van der Waals surface area contributed by atoms with Gasteiger partial charge >= 0.3 is 8.60 Å². The third-order valence-electron chi connectivity index (χ3n) is 0.291. The first kappa shape index (κ1) is 6.89. The molecule has 0 aromatic carbocycles. The van der Waals surface area contributed by atoms with Crippen LogP contribution in [0.15, 0.2) is 12.3 Å². The third-order valence-corrected chi connectivity index (χ3v) is 0.601. The molecule has 0 aliphatic heterocycles. The lowest BCUT2D eigenvalue weighted by Gasteiger charge is -1.94. The van der Waals surface area contributed by atoms with E-state index in [0.717, 1.165) is 0 Å². The Morgan fingerprint density at radius 1 is 1.57 bits per heavy atom. The van der Waals surface area contributed by atoms with Crippen LogP contribution in [0.1, 0.15) is 6.92 Å². The van der Waals surface area contributed by atoms with Gasteiger partial charge in [0.1, 0.15) is 0 Å². The highest BCUT2D eigenvalue weighted by atomic mass is 31.2. The molecule has 0 atom stereocenters. The van der Waals surface area contributed by atoms with E-state index in [2.05, 4.69) is 4.52 Å². The Hall–Kier alpha value is -0.110. The van der Waals surface area contributed by atoms with E-state index in [9.17, 15) is 0 Å². The van der Waals surface area contributed by atoms with Crippen LogP contribution in [0.4, 0.5) is 0 Å². The van der Waals surface area contributed by atoms with Crippen LogP contribution in [0.5, 0.6) is 0 Å². The predicted molar refractivity (Wildman–Crippen MR) is 27.3 cm³/mol. The molecular formula is C3H7O3P. The molecule has 2 N–H and O–H groups in total. The summed E-state index contributed by atoms with van der Waals surface area (Å²) in [6.45, 7) is 1.72. The summed E-state index contributed by atoms with van der Waals surface area (Å²) in [5.41, 5.74) is 0. The Morgan fingerprint density at radius 2 is 2.14 bits per heavy atom. The van der Waals surface area contributed by atoms with E-state index < -0.39 is 8.60 Å². The molecular weight excluding hydrogens is 115 g/mol. The molecule has 0 aliphatic carbocycles. The second-order valence-corrected chi connectivity index (χ2v) is 1.54. The maximum absolute atomic E-state index is 8.03. The molecule has 0 unspecified atom stereocenters. The van der Waals surface area contributed by atoms with Crippen LogP contribution >= 0.6 is 8.60 Å². The van der Waals surface area contributed by atoms with Crippen molar-refractivity contribution in [1.82, 2.24) is 0 Å². The van der Waals surface area contributed by atoms with Crippen molar-refractivity contribution < 1.29 is 14.3 Å². The molecule has 0 saturated heterocycles. The minimum Gasteiger partial charge on any atom is -0.435 e. The predicted octanol–water partition coefficient (Wildman–Crippen LogP) is 0.748. The molecule has 0 bridgehead atoms. The van der Waals surface area contributed by atoms with Crippen molar-refractivity contribution in [2.75, 3.05) is 0 Å². The number of allylic oxidation sites excluding steroid dienone is 1. The standard InChI is InChI=1S/C3H7O3P/c1-2-3-6-7(4)5/h2-5H,1H3. The van der Waals surface area contributed by atoms with Gasteiger partial charge in [-0.3, -0.25) is 0 Å². The summed E-state index contributed by atoms with van der Waals surface area (Å²) in [5, 5.41) is 0. The summed E-state index contributed by atoms with van der Waals surface area (Å²) in [4.78, 5) is 16.1. The first-order valence-corrected chi connectivity index (χ1v) is 2.89. The van der Waals surface area contributed by atoms with Crippen LogP contribution in [0.3, 0.4) is 0 Å². The summed E-state index contributed by atoms with van der Waals surface area (Å²) in [7, 11) is -2.19. The van der Waals surface area contributed by atoms with Crippen molar-refractivity contribution in [3.05, 3.63) is 12.3 Å². The van der Waals surface area contributed by atoms with Crippen LogP contribution < -0.4 is 0 Å². The smallest absolute Gasteiger partial charge is 0.390 e. The average molecular weight is 122 g/mol. The molecule has 3 nitrogen and oxygen atoms in total. The van der Waals surface area contributed by atoms with Gasteiger partial charge in [0.15, 0.2) is 0 Å². The monoisotopic (exact) mass is 122 g/mol. The topological polar surface area (TPSA) is 49.7 Å². The summed E-state index contributed by atoms with van der Waals surface area (Å²) in [6.07, 6.45) is 2.80. The molecule has 0 saturated carbocycles. The van der Waals surface area contributed by atoms with Crippen molar-refractivity contribution in [2.45, 2.75) is 6.92 Å². The Bertz CT molecular complexity index is 61.2. The van der Waals surface area contributed by atoms with E-state index in [0.29, 0.717) is 0 Å². The van der Waals surface area contributed by atoms with Crippen molar-refractivity contribution in [2.24, 2.45) is 0 Å². The SMILES string of the molecule is CC=COP(O)O. The van der Waals surface area contributed by atoms with E-state index in [4.69, 9.17) is 9.79 Å². The summed E-state index contributed by atoms with van der Waals surface area (Å²) >= 11 is 0. The molecule has 0 spiro atoms. The molecule has 0 rings (SSSR count). The quantitative estimate of drug-likeness (QED) is 0.419. The van der Waals surface area contributed by atoms with E-state index in [-0.39, 0.29) is 0 Å². The Morgan fingerprint density at radius 3 is 2.29 bits per heavy atom. The highest BCUT2D eigenvalue weighted by molar-refractivity contribution is 7.39. The zero-order valence-electron chi connectivity index (χ0n) is 3.90. The minimum absolute atomic E-state index is 1.23.